The van der Waals surface area contributed by atoms with Gasteiger partial charge >= 0.3 is 0 Å². The molecule has 2 aromatic rings. The highest BCUT2D eigenvalue weighted by molar-refractivity contribution is 5.94. The number of benzene rings is 2. The normalized spacial score (nSPS) is 11.9. The first kappa shape index (κ1) is 17.9. The molecule has 0 spiro atoms. The van der Waals surface area contributed by atoms with Crippen molar-refractivity contribution >= 4 is 11.6 Å². The average Bonchev–Trinajstić information content (AvgIpc) is 2.61. The summed E-state index contributed by atoms with van der Waals surface area (Å²) >= 11 is 0. The van der Waals surface area contributed by atoms with Crippen LogP contribution in [0.2, 0.25) is 0 Å². The summed E-state index contributed by atoms with van der Waals surface area (Å²) in [5.41, 5.74) is 2.14. The zero-order valence-electron chi connectivity index (χ0n) is 14.4. The SMILES string of the molecule is CCN(C)c1ccc(C(=O)N(C)C(C)c2ccc(F)c(F)c2)cc1. The Balaban J connectivity index is 2.17. The number of halogens is 2. The van der Waals surface area contributed by atoms with Crippen LogP contribution >= 0.6 is 0 Å². The van der Waals surface area contributed by atoms with E-state index in [1.54, 1.807) is 26.1 Å². The lowest BCUT2D eigenvalue weighted by molar-refractivity contribution is 0.0742. The summed E-state index contributed by atoms with van der Waals surface area (Å²) < 4.78 is 26.5. The highest BCUT2D eigenvalue weighted by Gasteiger charge is 2.20. The second kappa shape index (κ2) is 7.43. The van der Waals surface area contributed by atoms with E-state index in [1.165, 1.54) is 11.0 Å². The maximum absolute atomic E-state index is 13.4. The average molecular weight is 332 g/mol. The topological polar surface area (TPSA) is 23.6 Å². The van der Waals surface area contributed by atoms with Gasteiger partial charge in [0, 0.05) is 31.9 Å². The van der Waals surface area contributed by atoms with Gasteiger partial charge in [-0.25, -0.2) is 8.78 Å². The second-order valence-corrected chi connectivity index (χ2v) is 5.83. The lowest BCUT2D eigenvalue weighted by Gasteiger charge is -2.26. The highest BCUT2D eigenvalue weighted by Crippen LogP contribution is 2.23. The van der Waals surface area contributed by atoms with Crippen LogP contribution in [0.15, 0.2) is 42.5 Å². The van der Waals surface area contributed by atoms with Gasteiger partial charge in [-0.05, 0) is 55.8 Å². The second-order valence-electron chi connectivity index (χ2n) is 5.83. The summed E-state index contributed by atoms with van der Waals surface area (Å²) in [6.45, 7) is 4.71. The van der Waals surface area contributed by atoms with Crippen LogP contribution in [-0.2, 0) is 0 Å². The van der Waals surface area contributed by atoms with E-state index in [4.69, 9.17) is 0 Å². The minimum atomic E-state index is -0.910. The monoisotopic (exact) mass is 332 g/mol. The Morgan fingerprint density at radius 2 is 1.67 bits per heavy atom. The van der Waals surface area contributed by atoms with Crippen molar-refractivity contribution in [3.63, 3.8) is 0 Å². The van der Waals surface area contributed by atoms with Crippen LogP contribution in [-0.4, -0.2) is 31.4 Å². The van der Waals surface area contributed by atoms with Gasteiger partial charge in [-0.3, -0.25) is 4.79 Å². The van der Waals surface area contributed by atoms with Crippen molar-refractivity contribution in [3.05, 3.63) is 65.2 Å². The van der Waals surface area contributed by atoms with Gasteiger partial charge in [0.25, 0.3) is 5.91 Å². The summed E-state index contributed by atoms with van der Waals surface area (Å²) in [5.74, 6) is -1.97. The van der Waals surface area contributed by atoms with Crippen LogP contribution in [0.4, 0.5) is 14.5 Å². The van der Waals surface area contributed by atoms with Gasteiger partial charge < -0.3 is 9.80 Å². The zero-order chi connectivity index (χ0) is 17.9. The predicted molar refractivity (Wildman–Crippen MR) is 92.3 cm³/mol. The molecule has 5 heteroatoms. The Labute approximate surface area is 141 Å². The molecule has 0 aliphatic heterocycles. The largest absolute Gasteiger partial charge is 0.375 e. The zero-order valence-corrected chi connectivity index (χ0v) is 14.4. The third kappa shape index (κ3) is 3.72. The van der Waals surface area contributed by atoms with E-state index in [0.29, 0.717) is 11.1 Å². The molecule has 128 valence electrons. The van der Waals surface area contributed by atoms with Gasteiger partial charge in [-0.1, -0.05) is 6.07 Å². The number of nitrogens with zero attached hydrogens (tertiary/aromatic N) is 2. The smallest absolute Gasteiger partial charge is 0.254 e. The molecule has 0 fully saturated rings. The molecule has 0 saturated heterocycles. The van der Waals surface area contributed by atoms with E-state index in [-0.39, 0.29) is 11.9 Å². The molecule has 3 nitrogen and oxygen atoms in total. The number of rotatable bonds is 5. The van der Waals surface area contributed by atoms with E-state index in [1.807, 2.05) is 19.2 Å². The third-order valence-corrected chi connectivity index (χ3v) is 4.36. The molecule has 0 aromatic heterocycles. The molecule has 0 bridgehead atoms. The van der Waals surface area contributed by atoms with Crippen LogP contribution in [0.1, 0.15) is 35.8 Å². The molecule has 2 aromatic carbocycles. The van der Waals surface area contributed by atoms with E-state index in [0.717, 1.165) is 24.4 Å². The van der Waals surface area contributed by atoms with Gasteiger partial charge in [-0.15, -0.1) is 0 Å². The van der Waals surface area contributed by atoms with Crippen molar-refractivity contribution in [2.24, 2.45) is 0 Å². The third-order valence-electron chi connectivity index (χ3n) is 4.36. The first-order valence-corrected chi connectivity index (χ1v) is 7.88. The van der Waals surface area contributed by atoms with Gasteiger partial charge in [-0.2, -0.15) is 0 Å². The molecule has 1 amide bonds. The maximum Gasteiger partial charge on any atom is 0.254 e. The standard InChI is InChI=1S/C19H22F2N2O/c1-5-22(3)16-9-6-14(7-10-16)19(24)23(4)13(2)15-8-11-17(20)18(21)12-15/h6-13H,5H2,1-4H3. The van der Waals surface area contributed by atoms with Crippen molar-refractivity contribution in [1.29, 1.82) is 0 Å². The molecule has 0 saturated carbocycles. The Hall–Kier alpha value is -2.43. The van der Waals surface area contributed by atoms with Crippen molar-refractivity contribution in [3.8, 4) is 0 Å². The molecule has 0 aliphatic rings. The van der Waals surface area contributed by atoms with Crippen molar-refractivity contribution < 1.29 is 13.6 Å². The van der Waals surface area contributed by atoms with Gasteiger partial charge in [0.1, 0.15) is 0 Å². The van der Waals surface area contributed by atoms with Crippen molar-refractivity contribution in [2.75, 3.05) is 25.5 Å². The van der Waals surface area contributed by atoms with Crippen molar-refractivity contribution in [2.45, 2.75) is 19.9 Å². The highest BCUT2D eigenvalue weighted by atomic mass is 19.2. The summed E-state index contributed by atoms with van der Waals surface area (Å²) in [5, 5.41) is 0. The van der Waals surface area contributed by atoms with Crippen LogP contribution in [0.25, 0.3) is 0 Å². The van der Waals surface area contributed by atoms with Crippen molar-refractivity contribution in [1.82, 2.24) is 4.90 Å². The molecule has 1 unspecified atom stereocenters. The molecule has 24 heavy (non-hydrogen) atoms. The summed E-state index contributed by atoms with van der Waals surface area (Å²) in [6.07, 6.45) is 0. The van der Waals surface area contributed by atoms with Crippen LogP contribution in [0.3, 0.4) is 0 Å². The number of hydrogen-bond acceptors (Lipinski definition) is 2. The minimum absolute atomic E-state index is 0.169. The van der Waals surface area contributed by atoms with Gasteiger partial charge in [0.2, 0.25) is 0 Å². The van der Waals surface area contributed by atoms with Gasteiger partial charge in [0.15, 0.2) is 11.6 Å². The molecule has 0 heterocycles. The lowest BCUT2D eigenvalue weighted by atomic mass is 10.1. The lowest BCUT2D eigenvalue weighted by Crippen LogP contribution is -2.29. The van der Waals surface area contributed by atoms with Gasteiger partial charge in [0.05, 0.1) is 6.04 Å². The molecule has 0 radical (unpaired) electrons. The summed E-state index contributed by atoms with van der Waals surface area (Å²) in [4.78, 5) is 16.2. The molecule has 1 atom stereocenters. The predicted octanol–water partition coefficient (Wildman–Crippen LogP) is 4.25. The Morgan fingerprint density at radius 1 is 1.04 bits per heavy atom. The number of amides is 1. The molecule has 2 rings (SSSR count). The minimum Gasteiger partial charge on any atom is -0.375 e. The fourth-order valence-corrected chi connectivity index (χ4v) is 2.42. The van der Waals surface area contributed by atoms with Crippen LogP contribution in [0.5, 0.6) is 0 Å². The fourth-order valence-electron chi connectivity index (χ4n) is 2.42. The molecular weight excluding hydrogens is 310 g/mol. The maximum atomic E-state index is 13.4. The van der Waals surface area contributed by atoms with E-state index in [9.17, 15) is 13.6 Å². The Kier molecular flexibility index (Phi) is 5.54. The molecule has 0 aliphatic carbocycles. The first-order chi connectivity index (χ1) is 11.3. The van der Waals surface area contributed by atoms with Crippen LogP contribution in [0, 0.1) is 11.6 Å². The van der Waals surface area contributed by atoms with E-state index in [2.05, 4.69) is 11.8 Å². The molecule has 0 N–H and O–H groups in total. The molecular formula is C19H22F2N2O. The number of anilines is 1. The summed E-state index contributed by atoms with van der Waals surface area (Å²) in [6, 6.07) is 10.7. The first-order valence-electron chi connectivity index (χ1n) is 7.88. The van der Waals surface area contributed by atoms with Crippen LogP contribution < -0.4 is 4.90 Å². The van der Waals surface area contributed by atoms with E-state index < -0.39 is 11.6 Å². The Morgan fingerprint density at radius 3 is 2.21 bits per heavy atom. The van der Waals surface area contributed by atoms with E-state index >= 15 is 0 Å². The Bertz CT molecular complexity index is 716. The fraction of sp³-hybridized carbons (Fsp3) is 0.316. The quantitative estimate of drug-likeness (QED) is 0.817. The number of carbonyl (C=O) groups excluding carboxylic acids is 1. The summed E-state index contributed by atoms with van der Waals surface area (Å²) in [7, 11) is 3.63. The number of carbonyl (C=O) groups is 1. The number of hydrogen-bond donors (Lipinski definition) is 0.